The zero-order valence-corrected chi connectivity index (χ0v) is 10.2. The predicted octanol–water partition coefficient (Wildman–Crippen LogP) is 1.05. The highest BCUT2D eigenvalue weighted by molar-refractivity contribution is 5.91. The van der Waals surface area contributed by atoms with Crippen LogP contribution in [0.1, 0.15) is 23.2 Å². The van der Waals surface area contributed by atoms with Crippen molar-refractivity contribution in [2.45, 2.75) is 19.9 Å². The van der Waals surface area contributed by atoms with E-state index in [1.807, 2.05) is 13.0 Å². The normalized spacial score (nSPS) is 10.5. The third kappa shape index (κ3) is 2.91. The summed E-state index contributed by atoms with van der Waals surface area (Å²) >= 11 is 0. The Balaban J connectivity index is 1.81. The van der Waals surface area contributed by atoms with E-state index < -0.39 is 0 Å². The van der Waals surface area contributed by atoms with Crippen LogP contribution >= 0.6 is 0 Å². The number of rotatable bonds is 5. The van der Waals surface area contributed by atoms with Crippen LogP contribution in [-0.2, 0) is 13.0 Å². The number of carbonyl (C=O) groups is 1. The lowest BCUT2D eigenvalue weighted by Gasteiger charge is -2.03. The van der Waals surface area contributed by atoms with Crippen molar-refractivity contribution in [1.82, 2.24) is 15.1 Å². The number of hydrogen-bond donors (Lipinski definition) is 2. The number of nitrogens with one attached hydrogen (secondary N) is 1. The highest BCUT2D eigenvalue weighted by atomic mass is 16.3. The van der Waals surface area contributed by atoms with Crippen molar-refractivity contribution in [2.24, 2.45) is 0 Å². The fraction of sp³-hybridized carbons (Fsp3) is 0.333. The van der Waals surface area contributed by atoms with Crippen molar-refractivity contribution >= 4 is 11.6 Å². The van der Waals surface area contributed by atoms with E-state index in [2.05, 4.69) is 10.4 Å². The molecule has 0 aliphatic heterocycles. The molecule has 0 atom stereocenters. The Hall–Kier alpha value is -2.24. The standard InChI is InChI=1S/C12H16N4O2/c1-2-10-3-4-11(18-10)12(17)14-5-6-16-8-9(13)7-15-16/h3-4,7-8H,2,5-6,13H2,1H3,(H,14,17). The van der Waals surface area contributed by atoms with Crippen LogP contribution < -0.4 is 11.1 Å². The van der Waals surface area contributed by atoms with E-state index in [9.17, 15) is 4.79 Å². The molecule has 2 heterocycles. The number of nitrogens with two attached hydrogens (primary N) is 1. The molecule has 2 rings (SSSR count). The Morgan fingerprint density at radius 2 is 2.39 bits per heavy atom. The molecule has 0 saturated heterocycles. The van der Waals surface area contributed by atoms with Crippen LogP contribution in [0, 0.1) is 0 Å². The van der Waals surface area contributed by atoms with Crippen LogP contribution in [0.4, 0.5) is 5.69 Å². The molecule has 0 saturated carbocycles. The number of hydrogen-bond acceptors (Lipinski definition) is 4. The van der Waals surface area contributed by atoms with Gasteiger partial charge in [0.25, 0.3) is 5.91 Å². The first-order valence-electron chi connectivity index (χ1n) is 5.84. The summed E-state index contributed by atoms with van der Waals surface area (Å²) in [5, 5.41) is 6.78. The van der Waals surface area contributed by atoms with Gasteiger partial charge < -0.3 is 15.5 Å². The van der Waals surface area contributed by atoms with Gasteiger partial charge in [-0.15, -0.1) is 0 Å². The number of anilines is 1. The second-order valence-electron chi connectivity index (χ2n) is 3.91. The lowest BCUT2D eigenvalue weighted by molar-refractivity contribution is 0.0922. The van der Waals surface area contributed by atoms with Crippen LogP contribution in [0.5, 0.6) is 0 Å². The first-order valence-corrected chi connectivity index (χ1v) is 5.84. The van der Waals surface area contributed by atoms with Gasteiger partial charge in [-0.1, -0.05) is 6.92 Å². The fourth-order valence-corrected chi connectivity index (χ4v) is 1.56. The molecule has 18 heavy (non-hydrogen) atoms. The lowest BCUT2D eigenvalue weighted by atomic mass is 10.3. The molecule has 96 valence electrons. The molecular formula is C12H16N4O2. The monoisotopic (exact) mass is 248 g/mol. The second-order valence-corrected chi connectivity index (χ2v) is 3.91. The van der Waals surface area contributed by atoms with Gasteiger partial charge in [0.2, 0.25) is 0 Å². The summed E-state index contributed by atoms with van der Waals surface area (Å²) < 4.78 is 7.02. The summed E-state index contributed by atoms with van der Waals surface area (Å²) in [6, 6.07) is 3.49. The number of carbonyl (C=O) groups excluding carboxylic acids is 1. The van der Waals surface area contributed by atoms with Crippen LogP contribution in [0.15, 0.2) is 28.9 Å². The lowest BCUT2D eigenvalue weighted by Crippen LogP contribution is -2.27. The zero-order valence-electron chi connectivity index (χ0n) is 10.2. The molecule has 0 unspecified atom stereocenters. The van der Waals surface area contributed by atoms with Gasteiger partial charge in [-0.2, -0.15) is 5.10 Å². The number of furan rings is 1. The van der Waals surface area contributed by atoms with E-state index >= 15 is 0 Å². The van der Waals surface area contributed by atoms with Gasteiger partial charge in [0.1, 0.15) is 5.76 Å². The van der Waals surface area contributed by atoms with Gasteiger partial charge in [-0.25, -0.2) is 0 Å². The van der Waals surface area contributed by atoms with Crippen molar-refractivity contribution < 1.29 is 9.21 Å². The number of nitrogens with zero attached hydrogens (tertiary/aromatic N) is 2. The van der Waals surface area contributed by atoms with Crippen molar-refractivity contribution in [3.63, 3.8) is 0 Å². The first-order chi connectivity index (χ1) is 8.69. The van der Waals surface area contributed by atoms with Crippen LogP contribution in [-0.4, -0.2) is 22.2 Å². The molecule has 0 fully saturated rings. The minimum Gasteiger partial charge on any atom is -0.456 e. The number of aromatic nitrogens is 2. The molecule has 0 bridgehead atoms. The Bertz CT molecular complexity index is 530. The van der Waals surface area contributed by atoms with Crippen LogP contribution in [0.3, 0.4) is 0 Å². The van der Waals surface area contributed by atoms with Crippen LogP contribution in [0.2, 0.25) is 0 Å². The molecule has 6 nitrogen and oxygen atoms in total. The predicted molar refractivity (Wildman–Crippen MR) is 67.1 cm³/mol. The molecule has 6 heteroatoms. The van der Waals surface area contributed by atoms with Gasteiger partial charge in [0, 0.05) is 19.2 Å². The summed E-state index contributed by atoms with van der Waals surface area (Å²) in [7, 11) is 0. The van der Waals surface area contributed by atoms with Gasteiger partial charge in [-0.3, -0.25) is 9.48 Å². The Morgan fingerprint density at radius 1 is 1.56 bits per heavy atom. The van der Waals surface area contributed by atoms with Gasteiger partial charge in [0.15, 0.2) is 5.76 Å². The molecule has 1 amide bonds. The Kier molecular flexibility index (Phi) is 3.66. The third-order valence-corrected chi connectivity index (χ3v) is 2.51. The zero-order chi connectivity index (χ0) is 13.0. The Labute approximate surface area is 105 Å². The molecule has 2 aromatic rings. The molecule has 0 radical (unpaired) electrons. The van der Waals surface area contributed by atoms with E-state index in [-0.39, 0.29) is 5.91 Å². The maximum Gasteiger partial charge on any atom is 0.287 e. The minimum atomic E-state index is -0.213. The average Bonchev–Trinajstić information content (AvgIpc) is 2.98. The largest absolute Gasteiger partial charge is 0.456 e. The van der Waals surface area contributed by atoms with E-state index in [0.717, 1.165) is 12.2 Å². The van der Waals surface area contributed by atoms with E-state index in [1.165, 1.54) is 0 Å². The number of aryl methyl sites for hydroxylation is 1. The SMILES string of the molecule is CCc1ccc(C(=O)NCCn2cc(N)cn2)o1. The highest BCUT2D eigenvalue weighted by Gasteiger charge is 2.09. The fourth-order valence-electron chi connectivity index (χ4n) is 1.56. The maximum atomic E-state index is 11.7. The molecule has 0 aromatic carbocycles. The summed E-state index contributed by atoms with van der Waals surface area (Å²) in [6.45, 7) is 3.02. The molecule has 0 aliphatic rings. The topological polar surface area (TPSA) is 86.1 Å². The highest BCUT2D eigenvalue weighted by Crippen LogP contribution is 2.07. The van der Waals surface area contributed by atoms with Crippen molar-refractivity contribution in [2.75, 3.05) is 12.3 Å². The van der Waals surface area contributed by atoms with E-state index in [0.29, 0.717) is 24.5 Å². The quantitative estimate of drug-likeness (QED) is 0.828. The molecule has 0 spiro atoms. The van der Waals surface area contributed by atoms with E-state index in [4.69, 9.17) is 10.2 Å². The first kappa shape index (κ1) is 12.2. The van der Waals surface area contributed by atoms with Gasteiger partial charge in [-0.05, 0) is 12.1 Å². The molecule has 0 aliphatic carbocycles. The van der Waals surface area contributed by atoms with Gasteiger partial charge in [0.05, 0.1) is 18.4 Å². The number of amides is 1. The summed E-state index contributed by atoms with van der Waals surface area (Å²) in [6.07, 6.45) is 4.07. The van der Waals surface area contributed by atoms with Crippen molar-refractivity contribution in [1.29, 1.82) is 0 Å². The Morgan fingerprint density at radius 3 is 3.00 bits per heavy atom. The van der Waals surface area contributed by atoms with Crippen molar-refractivity contribution in [3.8, 4) is 0 Å². The van der Waals surface area contributed by atoms with Crippen LogP contribution in [0.25, 0.3) is 0 Å². The van der Waals surface area contributed by atoms with E-state index in [1.54, 1.807) is 23.1 Å². The summed E-state index contributed by atoms with van der Waals surface area (Å²) in [4.78, 5) is 11.7. The van der Waals surface area contributed by atoms with Gasteiger partial charge >= 0.3 is 0 Å². The average molecular weight is 248 g/mol. The van der Waals surface area contributed by atoms with Crippen molar-refractivity contribution in [3.05, 3.63) is 36.0 Å². The number of nitrogen functional groups attached to an aromatic ring is 1. The molecule has 3 N–H and O–H groups in total. The summed E-state index contributed by atoms with van der Waals surface area (Å²) in [5.41, 5.74) is 6.14. The second kappa shape index (κ2) is 5.39. The smallest absolute Gasteiger partial charge is 0.287 e. The minimum absolute atomic E-state index is 0.213. The third-order valence-electron chi connectivity index (χ3n) is 2.51. The maximum absolute atomic E-state index is 11.7. The summed E-state index contributed by atoms with van der Waals surface area (Å²) in [5.74, 6) is 0.932. The molecule has 2 aromatic heterocycles. The molecular weight excluding hydrogens is 232 g/mol.